The third-order valence-electron chi connectivity index (χ3n) is 2.80. The van der Waals surface area contributed by atoms with E-state index in [1.807, 2.05) is 0 Å². The molecule has 104 valence electrons. The van der Waals surface area contributed by atoms with Crippen molar-refractivity contribution < 1.29 is 13.6 Å². The average molecular weight is 297 g/mol. The lowest BCUT2D eigenvalue weighted by Crippen LogP contribution is -2.17. The van der Waals surface area contributed by atoms with Crippen molar-refractivity contribution in [3.05, 3.63) is 58.1 Å². The molecular weight excluding hydrogens is 286 g/mol. The molecule has 0 radical (unpaired) electrons. The molecule has 1 amide bonds. The molecule has 2 rings (SSSR count). The van der Waals surface area contributed by atoms with Crippen LogP contribution in [-0.4, -0.2) is 5.91 Å². The smallest absolute Gasteiger partial charge is 0.259 e. The van der Waals surface area contributed by atoms with Crippen molar-refractivity contribution >= 4 is 28.9 Å². The number of carbonyl (C=O) groups excluding carboxylic acids is 1. The van der Waals surface area contributed by atoms with Crippen LogP contribution in [0.2, 0.25) is 5.02 Å². The second-order valence-corrected chi connectivity index (χ2v) is 4.62. The number of nitrogens with two attached hydrogens (primary N) is 1. The van der Waals surface area contributed by atoms with Gasteiger partial charge >= 0.3 is 0 Å². The van der Waals surface area contributed by atoms with Crippen LogP contribution in [0, 0.1) is 18.6 Å². The van der Waals surface area contributed by atoms with Crippen LogP contribution in [0.3, 0.4) is 0 Å². The number of hydrogen-bond acceptors (Lipinski definition) is 2. The second kappa shape index (κ2) is 5.46. The van der Waals surface area contributed by atoms with Crippen LogP contribution in [0.15, 0.2) is 30.3 Å². The van der Waals surface area contributed by atoms with E-state index >= 15 is 0 Å². The van der Waals surface area contributed by atoms with E-state index in [9.17, 15) is 13.6 Å². The summed E-state index contributed by atoms with van der Waals surface area (Å²) in [5.41, 5.74) is 5.46. The standard InChI is InChI=1S/C14H11ClF2N2O/c1-7-5-6-9(16)13(12(7)17)19-14(20)11-8(15)3-2-4-10(11)18/h2-6H,18H2,1H3,(H,19,20). The molecule has 0 unspecified atom stereocenters. The maximum absolute atomic E-state index is 13.8. The Morgan fingerprint density at radius 2 is 1.95 bits per heavy atom. The summed E-state index contributed by atoms with van der Waals surface area (Å²) in [6, 6.07) is 6.87. The van der Waals surface area contributed by atoms with E-state index in [4.69, 9.17) is 17.3 Å². The number of aryl methyl sites for hydroxylation is 1. The Morgan fingerprint density at radius 3 is 2.60 bits per heavy atom. The maximum Gasteiger partial charge on any atom is 0.259 e. The van der Waals surface area contributed by atoms with Gasteiger partial charge in [-0.25, -0.2) is 8.78 Å². The molecule has 6 heteroatoms. The monoisotopic (exact) mass is 296 g/mol. The highest BCUT2D eigenvalue weighted by atomic mass is 35.5. The zero-order valence-corrected chi connectivity index (χ0v) is 11.3. The normalized spacial score (nSPS) is 10.4. The third-order valence-corrected chi connectivity index (χ3v) is 3.11. The summed E-state index contributed by atoms with van der Waals surface area (Å²) in [5.74, 6) is -2.47. The number of halogens is 3. The van der Waals surface area contributed by atoms with Gasteiger partial charge in [0, 0.05) is 5.69 Å². The van der Waals surface area contributed by atoms with Crippen LogP contribution in [0.4, 0.5) is 20.2 Å². The van der Waals surface area contributed by atoms with Crippen molar-refractivity contribution in [1.82, 2.24) is 0 Å². The molecule has 0 fully saturated rings. The van der Waals surface area contributed by atoms with Crippen LogP contribution >= 0.6 is 11.6 Å². The zero-order chi connectivity index (χ0) is 14.9. The molecule has 0 heterocycles. The number of benzene rings is 2. The summed E-state index contributed by atoms with van der Waals surface area (Å²) in [5, 5.41) is 2.27. The molecule has 0 saturated carbocycles. The van der Waals surface area contributed by atoms with Gasteiger partial charge in [0.25, 0.3) is 5.91 Å². The first-order chi connectivity index (χ1) is 9.41. The van der Waals surface area contributed by atoms with E-state index < -0.39 is 23.2 Å². The number of nitrogen functional groups attached to an aromatic ring is 1. The van der Waals surface area contributed by atoms with Crippen LogP contribution < -0.4 is 11.1 Å². The first-order valence-corrected chi connectivity index (χ1v) is 6.09. The third kappa shape index (κ3) is 2.58. The van der Waals surface area contributed by atoms with Crippen molar-refractivity contribution in [2.75, 3.05) is 11.1 Å². The van der Waals surface area contributed by atoms with Gasteiger partial charge in [0.05, 0.1) is 10.6 Å². The molecule has 0 bridgehead atoms. The molecule has 0 spiro atoms. The second-order valence-electron chi connectivity index (χ2n) is 4.21. The fraction of sp³-hybridized carbons (Fsp3) is 0.0714. The molecule has 2 aromatic carbocycles. The van der Waals surface area contributed by atoms with Gasteiger partial charge < -0.3 is 11.1 Å². The van der Waals surface area contributed by atoms with E-state index in [0.717, 1.165) is 6.07 Å². The number of anilines is 2. The van der Waals surface area contributed by atoms with E-state index in [0.29, 0.717) is 0 Å². The Morgan fingerprint density at radius 1 is 1.25 bits per heavy atom. The summed E-state index contributed by atoms with van der Waals surface area (Å²) in [4.78, 5) is 12.1. The Hall–Kier alpha value is -2.14. The Kier molecular flexibility index (Phi) is 3.90. The predicted molar refractivity (Wildman–Crippen MR) is 74.9 cm³/mol. The molecular formula is C14H11ClF2N2O. The van der Waals surface area contributed by atoms with Gasteiger partial charge in [-0.1, -0.05) is 23.7 Å². The van der Waals surface area contributed by atoms with Gasteiger partial charge in [0.1, 0.15) is 11.5 Å². The van der Waals surface area contributed by atoms with E-state index in [1.165, 1.54) is 25.1 Å². The first kappa shape index (κ1) is 14.3. The highest BCUT2D eigenvalue weighted by Crippen LogP contribution is 2.26. The van der Waals surface area contributed by atoms with E-state index in [2.05, 4.69) is 5.32 Å². The van der Waals surface area contributed by atoms with Gasteiger partial charge in [0.15, 0.2) is 5.82 Å². The quantitative estimate of drug-likeness (QED) is 0.829. The van der Waals surface area contributed by atoms with Crippen molar-refractivity contribution in [3.8, 4) is 0 Å². The van der Waals surface area contributed by atoms with Crippen LogP contribution in [0.1, 0.15) is 15.9 Å². The largest absolute Gasteiger partial charge is 0.398 e. The SMILES string of the molecule is Cc1ccc(F)c(NC(=O)c2c(N)cccc2Cl)c1F. The maximum atomic E-state index is 13.8. The molecule has 0 aliphatic heterocycles. The molecule has 20 heavy (non-hydrogen) atoms. The minimum atomic E-state index is -0.868. The van der Waals surface area contributed by atoms with E-state index in [-0.39, 0.29) is 21.8 Å². The summed E-state index contributed by atoms with van der Waals surface area (Å²) in [7, 11) is 0. The number of amides is 1. The summed E-state index contributed by atoms with van der Waals surface area (Å²) < 4.78 is 27.4. The van der Waals surface area contributed by atoms with Crippen molar-refractivity contribution in [3.63, 3.8) is 0 Å². The van der Waals surface area contributed by atoms with Gasteiger partial charge in [-0.3, -0.25) is 4.79 Å². The molecule has 0 aliphatic rings. The lowest BCUT2D eigenvalue weighted by molar-refractivity contribution is 0.102. The molecule has 3 N–H and O–H groups in total. The number of nitrogens with one attached hydrogen (secondary N) is 1. The zero-order valence-electron chi connectivity index (χ0n) is 10.5. The minimum absolute atomic E-state index is 0.0190. The van der Waals surface area contributed by atoms with Crippen molar-refractivity contribution in [2.24, 2.45) is 0 Å². The average Bonchev–Trinajstić information content (AvgIpc) is 2.39. The summed E-state index contributed by atoms with van der Waals surface area (Å²) >= 11 is 5.87. The molecule has 0 atom stereocenters. The Balaban J connectivity index is 2.41. The predicted octanol–water partition coefficient (Wildman–Crippen LogP) is 3.76. The molecule has 0 saturated heterocycles. The van der Waals surface area contributed by atoms with Crippen molar-refractivity contribution in [1.29, 1.82) is 0 Å². The number of carbonyl (C=O) groups is 1. The Bertz CT molecular complexity index is 669. The van der Waals surface area contributed by atoms with Crippen LogP contribution in [0.5, 0.6) is 0 Å². The highest BCUT2D eigenvalue weighted by molar-refractivity contribution is 6.35. The fourth-order valence-electron chi connectivity index (χ4n) is 1.73. The van der Waals surface area contributed by atoms with Crippen LogP contribution in [-0.2, 0) is 0 Å². The lowest BCUT2D eigenvalue weighted by atomic mass is 10.1. The van der Waals surface area contributed by atoms with Gasteiger partial charge in [-0.2, -0.15) is 0 Å². The summed E-state index contributed by atoms with van der Waals surface area (Å²) in [6.07, 6.45) is 0. The first-order valence-electron chi connectivity index (χ1n) is 5.71. The number of hydrogen-bond donors (Lipinski definition) is 2. The van der Waals surface area contributed by atoms with Gasteiger partial charge in [0.2, 0.25) is 0 Å². The lowest BCUT2D eigenvalue weighted by Gasteiger charge is -2.11. The fourth-order valence-corrected chi connectivity index (χ4v) is 2.00. The topological polar surface area (TPSA) is 55.1 Å². The van der Waals surface area contributed by atoms with Gasteiger partial charge in [-0.05, 0) is 30.7 Å². The summed E-state index contributed by atoms with van der Waals surface area (Å²) in [6.45, 7) is 1.47. The molecule has 2 aromatic rings. The Labute approximate surface area is 119 Å². The van der Waals surface area contributed by atoms with Gasteiger partial charge in [-0.15, -0.1) is 0 Å². The van der Waals surface area contributed by atoms with Crippen molar-refractivity contribution in [2.45, 2.75) is 6.92 Å². The van der Waals surface area contributed by atoms with Crippen LogP contribution in [0.25, 0.3) is 0 Å². The minimum Gasteiger partial charge on any atom is -0.398 e. The molecule has 0 aromatic heterocycles. The number of rotatable bonds is 2. The molecule has 0 aliphatic carbocycles. The molecule has 3 nitrogen and oxygen atoms in total. The highest BCUT2D eigenvalue weighted by Gasteiger charge is 2.18. The van der Waals surface area contributed by atoms with E-state index in [1.54, 1.807) is 6.07 Å².